The van der Waals surface area contributed by atoms with E-state index in [0.717, 1.165) is 6.42 Å². The van der Waals surface area contributed by atoms with Crippen molar-refractivity contribution in [2.24, 2.45) is 5.92 Å². The van der Waals surface area contributed by atoms with Gasteiger partial charge in [0.15, 0.2) is 0 Å². The van der Waals surface area contributed by atoms with E-state index in [2.05, 4.69) is 12.4 Å². The van der Waals surface area contributed by atoms with Gasteiger partial charge in [0.25, 0.3) is 5.91 Å². The van der Waals surface area contributed by atoms with Gasteiger partial charge < -0.3 is 0 Å². The molecule has 0 radical (unpaired) electrons. The van der Waals surface area contributed by atoms with Crippen LogP contribution >= 0.6 is 0 Å². The number of carbonyl (C=O) groups is 1. The van der Waals surface area contributed by atoms with E-state index < -0.39 is 0 Å². The maximum absolute atomic E-state index is 11.7. The molecule has 1 aromatic rings. The third kappa shape index (κ3) is 5.32. The van der Waals surface area contributed by atoms with Crippen molar-refractivity contribution in [1.82, 2.24) is 5.48 Å². The van der Waals surface area contributed by atoms with Crippen molar-refractivity contribution >= 4 is 5.91 Å². The molecule has 0 heterocycles. The highest BCUT2D eigenvalue weighted by Gasteiger charge is 2.05. The van der Waals surface area contributed by atoms with Crippen LogP contribution in [0.2, 0.25) is 0 Å². The average molecular weight is 249 g/mol. The Labute approximate surface area is 109 Å². The summed E-state index contributed by atoms with van der Waals surface area (Å²) in [5, 5.41) is 0. The predicted octanol–water partition coefficient (Wildman–Crippen LogP) is 3.35. The van der Waals surface area contributed by atoms with Crippen LogP contribution in [0.15, 0.2) is 24.3 Å². The minimum Gasteiger partial charge on any atom is -0.273 e. The molecule has 0 bridgehead atoms. The molecule has 1 amide bonds. The first-order chi connectivity index (χ1) is 8.63. The van der Waals surface area contributed by atoms with Crippen LogP contribution in [0, 0.1) is 5.92 Å². The van der Waals surface area contributed by atoms with Crippen molar-refractivity contribution in [3.63, 3.8) is 0 Å². The minimum atomic E-state index is -0.183. The number of rotatable bonds is 7. The molecule has 0 fully saturated rings. The summed E-state index contributed by atoms with van der Waals surface area (Å²) in [6, 6.07) is 7.71. The van der Waals surface area contributed by atoms with Crippen molar-refractivity contribution in [3.05, 3.63) is 35.4 Å². The van der Waals surface area contributed by atoms with Crippen LogP contribution in [0.25, 0.3) is 0 Å². The summed E-state index contributed by atoms with van der Waals surface area (Å²) in [6.07, 6.45) is 3.44. The van der Waals surface area contributed by atoms with Gasteiger partial charge in [0.2, 0.25) is 0 Å². The Hall–Kier alpha value is -1.35. The Morgan fingerprint density at radius 1 is 1.28 bits per heavy atom. The molecule has 100 valence electrons. The Morgan fingerprint density at radius 3 is 2.50 bits per heavy atom. The molecule has 1 rings (SSSR count). The van der Waals surface area contributed by atoms with Crippen molar-refractivity contribution < 1.29 is 9.63 Å². The highest BCUT2D eigenvalue weighted by molar-refractivity contribution is 5.93. The average Bonchev–Trinajstić information content (AvgIpc) is 2.36. The molecule has 0 aliphatic heterocycles. The maximum atomic E-state index is 11.7. The van der Waals surface area contributed by atoms with Crippen LogP contribution in [-0.4, -0.2) is 12.5 Å². The molecule has 0 atom stereocenters. The fourth-order valence-corrected chi connectivity index (χ4v) is 1.54. The molecule has 3 heteroatoms. The first kappa shape index (κ1) is 14.7. The largest absolute Gasteiger partial charge is 0.274 e. The molecule has 3 nitrogen and oxygen atoms in total. The lowest BCUT2D eigenvalue weighted by molar-refractivity contribution is 0.0208. The number of hydrogen-bond acceptors (Lipinski definition) is 2. The second kappa shape index (κ2) is 7.88. The van der Waals surface area contributed by atoms with Crippen LogP contribution in [0.4, 0.5) is 0 Å². The van der Waals surface area contributed by atoms with E-state index in [1.807, 2.05) is 38.1 Å². The lowest BCUT2D eigenvalue weighted by atomic mass is 10.1. The number of carbonyl (C=O) groups excluding carboxylic acids is 1. The van der Waals surface area contributed by atoms with E-state index in [-0.39, 0.29) is 5.91 Å². The number of hydrogen-bond donors (Lipinski definition) is 1. The molecule has 0 aliphatic rings. The summed E-state index contributed by atoms with van der Waals surface area (Å²) < 4.78 is 0. The first-order valence-electron chi connectivity index (χ1n) is 6.64. The van der Waals surface area contributed by atoms with Gasteiger partial charge in [-0.25, -0.2) is 5.48 Å². The zero-order valence-electron chi connectivity index (χ0n) is 11.5. The number of unbranched alkanes of at least 4 members (excludes halogenated alkanes) is 1. The van der Waals surface area contributed by atoms with Crippen molar-refractivity contribution in [1.29, 1.82) is 0 Å². The third-order valence-corrected chi connectivity index (χ3v) is 2.62. The summed E-state index contributed by atoms with van der Waals surface area (Å²) in [7, 11) is 0. The predicted molar refractivity (Wildman–Crippen MR) is 73.3 cm³/mol. The SMILES string of the molecule is CCCCc1ccc(C(=O)NOCC(C)C)cc1. The minimum absolute atomic E-state index is 0.183. The van der Waals surface area contributed by atoms with Crippen LogP contribution in [0.3, 0.4) is 0 Å². The number of hydroxylamine groups is 1. The first-order valence-corrected chi connectivity index (χ1v) is 6.64. The van der Waals surface area contributed by atoms with Gasteiger partial charge in [0.1, 0.15) is 0 Å². The second-order valence-electron chi connectivity index (χ2n) is 4.94. The zero-order valence-corrected chi connectivity index (χ0v) is 11.5. The highest BCUT2D eigenvalue weighted by atomic mass is 16.6. The molecule has 0 aliphatic carbocycles. The van der Waals surface area contributed by atoms with Crippen LogP contribution in [0.1, 0.15) is 49.5 Å². The Morgan fingerprint density at radius 2 is 1.94 bits per heavy atom. The van der Waals surface area contributed by atoms with E-state index in [1.165, 1.54) is 18.4 Å². The summed E-state index contributed by atoms with van der Waals surface area (Å²) in [5.74, 6) is 0.222. The summed E-state index contributed by atoms with van der Waals surface area (Å²) in [4.78, 5) is 16.8. The number of benzene rings is 1. The molecule has 0 unspecified atom stereocenters. The monoisotopic (exact) mass is 249 g/mol. The van der Waals surface area contributed by atoms with Crippen molar-refractivity contribution in [2.45, 2.75) is 40.0 Å². The standard InChI is InChI=1S/C15H23NO2/c1-4-5-6-13-7-9-14(10-8-13)15(17)16-18-11-12(2)3/h7-10,12H,4-6,11H2,1-3H3,(H,16,17). The van der Waals surface area contributed by atoms with E-state index in [9.17, 15) is 4.79 Å². The van der Waals surface area contributed by atoms with Gasteiger partial charge in [-0.15, -0.1) is 0 Å². The molecule has 0 saturated heterocycles. The van der Waals surface area contributed by atoms with Crippen LogP contribution in [-0.2, 0) is 11.3 Å². The Balaban J connectivity index is 2.43. The van der Waals surface area contributed by atoms with Crippen LogP contribution < -0.4 is 5.48 Å². The van der Waals surface area contributed by atoms with E-state index in [0.29, 0.717) is 18.1 Å². The maximum Gasteiger partial charge on any atom is 0.274 e. The van der Waals surface area contributed by atoms with Crippen molar-refractivity contribution in [3.8, 4) is 0 Å². The van der Waals surface area contributed by atoms with Gasteiger partial charge in [0, 0.05) is 5.56 Å². The fourth-order valence-electron chi connectivity index (χ4n) is 1.54. The second-order valence-corrected chi connectivity index (χ2v) is 4.94. The molecule has 0 spiro atoms. The van der Waals surface area contributed by atoms with Gasteiger partial charge in [0.05, 0.1) is 6.61 Å². The molecular weight excluding hydrogens is 226 g/mol. The lowest BCUT2D eigenvalue weighted by Crippen LogP contribution is -2.25. The van der Waals surface area contributed by atoms with E-state index in [1.54, 1.807) is 0 Å². The Kier molecular flexibility index (Phi) is 6.44. The molecule has 0 saturated carbocycles. The number of aryl methyl sites for hydroxylation is 1. The fraction of sp³-hybridized carbons (Fsp3) is 0.533. The number of nitrogens with one attached hydrogen (secondary N) is 1. The van der Waals surface area contributed by atoms with E-state index >= 15 is 0 Å². The highest BCUT2D eigenvalue weighted by Crippen LogP contribution is 2.08. The zero-order chi connectivity index (χ0) is 13.4. The summed E-state index contributed by atoms with van der Waals surface area (Å²) in [5.41, 5.74) is 4.37. The molecule has 18 heavy (non-hydrogen) atoms. The van der Waals surface area contributed by atoms with Crippen molar-refractivity contribution in [2.75, 3.05) is 6.61 Å². The summed E-state index contributed by atoms with van der Waals surface area (Å²) in [6.45, 7) is 6.78. The topological polar surface area (TPSA) is 38.3 Å². The van der Waals surface area contributed by atoms with Gasteiger partial charge in [-0.05, 0) is 36.5 Å². The van der Waals surface area contributed by atoms with Crippen LogP contribution in [0.5, 0.6) is 0 Å². The lowest BCUT2D eigenvalue weighted by Gasteiger charge is -2.08. The molecule has 1 aromatic carbocycles. The Bertz CT molecular complexity index is 357. The van der Waals surface area contributed by atoms with Gasteiger partial charge >= 0.3 is 0 Å². The third-order valence-electron chi connectivity index (χ3n) is 2.62. The normalized spacial score (nSPS) is 10.7. The van der Waals surface area contributed by atoms with E-state index in [4.69, 9.17) is 4.84 Å². The molecule has 0 aromatic heterocycles. The summed E-state index contributed by atoms with van der Waals surface area (Å²) >= 11 is 0. The molecular formula is C15H23NO2. The number of amides is 1. The quantitative estimate of drug-likeness (QED) is 0.753. The van der Waals surface area contributed by atoms with Gasteiger partial charge in [-0.1, -0.05) is 39.3 Å². The smallest absolute Gasteiger partial charge is 0.273 e. The molecule has 1 N–H and O–H groups in total. The van der Waals surface area contributed by atoms with Gasteiger partial charge in [-0.2, -0.15) is 0 Å². The van der Waals surface area contributed by atoms with Gasteiger partial charge in [-0.3, -0.25) is 9.63 Å².